The van der Waals surface area contributed by atoms with E-state index in [9.17, 15) is 9.18 Å². The van der Waals surface area contributed by atoms with Crippen LogP contribution in [-0.2, 0) is 0 Å². The van der Waals surface area contributed by atoms with Crippen LogP contribution in [0, 0.1) is 5.82 Å². The number of carbonyl (C=O) groups excluding carboxylic acids is 1. The number of rotatable bonds is 5. The fourth-order valence-corrected chi connectivity index (χ4v) is 2.48. The highest BCUT2D eigenvalue weighted by atomic mass is 19.1. The number of nitrogens with one attached hydrogen (secondary N) is 1. The van der Waals surface area contributed by atoms with Crippen molar-refractivity contribution in [1.29, 1.82) is 0 Å². The lowest BCUT2D eigenvalue weighted by Crippen LogP contribution is -2.27. The Labute approximate surface area is 139 Å². The van der Waals surface area contributed by atoms with Crippen LogP contribution in [0.2, 0.25) is 0 Å². The van der Waals surface area contributed by atoms with Crippen molar-refractivity contribution < 1.29 is 13.9 Å². The maximum atomic E-state index is 13.9. The molecule has 1 amide bonds. The topological polar surface area (TPSA) is 55.6 Å². The molecule has 3 rings (SSSR count). The summed E-state index contributed by atoms with van der Waals surface area (Å²) in [6.07, 6.45) is 5.16. The van der Waals surface area contributed by atoms with Gasteiger partial charge in [-0.05, 0) is 43.7 Å². The molecule has 5 nitrogen and oxygen atoms in total. The average Bonchev–Trinajstić information content (AvgIpc) is 3.04. The van der Waals surface area contributed by atoms with Crippen LogP contribution in [0.3, 0.4) is 0 Å². The third-order valence-electron chi connectivity index (χ3n) is 3.75. The standard InChI is InChI=1S/C18H18FN3O2/c1-3-24-16-6-4-13(10-15(16)19)12(2)21-18(23)14-5-7-17-20-8-9-22(17)11-14/h4-12H,3H2,1-2H3,(H,21,23)/t12-/m0/s1. The summed E-state index contributed by atoms with van der Waals surface area (Å²) in [5.41, 5.74) is 1.96. The number of ether oxygens (including phenoxy) is 1. The SMILES string of the molecule is CCOc1ccc([C@H](C)NC(=O)c2ccc3nccn3c2)cc1F. The van der Waals surface area contributed by atoms with Crippen LogP contribution in [0.4, 0.5) is 4.39 Å². The van der Waals surface area contributed by atoms with Gasteiger partial charge in [-0.3, -0.25) is 4.79 Å². The number of hydrogen-bond acceptors (Lipinski definition) is 3. The molecule has 2 heterocycles. The molecule has 6 heteroatoms. The summed E-state index contributed by atoms with van der Waals surface area (Å²) in [7, 11) is 0. The van der Waals surface area contributed by atoms with Crippen molar-refractivity contribution >= 4 is 11.6 Å². The first kappa shape index (κ1) is 16.0. The van der Waals surface area contributed by atoms with Gasteiger partial charge < -0.3 is 14.5 Å². The molecular formula is C18H18FN3O2. The number of amides is 1. The second-order valence-corrected chi connectivity index (χ2v) is 5.43. The number of aromatic nitrogens is 2. The van der Waals surface area contributed by atoms with Gasteiger partial charge in [-0.2, -0.15) is 0 Å². The van der Waals surface area contributed by atoms with Crippen LogP contribution in [-0.4, -0.2) is 21.9 Å². The molecule has 3 aromatic rings. The molecule has 0 aliphatic heterocycles. The Bertz CT molecular complexity index is 876. The zero-order valence-electron chi connectivity index (χ0n) is 13.5. The van der Waals surface area contributed by atoms with E-state index < -0.39 is 5.82 Å². The molecule has 24 heavy (non-hydrogen) atoms. The first-order chi connectivity index (χ1) is 11.6. The lowest BCUT2D eigenvalue weighted by molar-refractivity contribution is 0.0939. The van der Waals surface area contributed by atoms with Crippen LogP contribution >= 0.6 is 0 Å². The summed E-state index contributed by atoms with van der Waals surface area (Å²) in [6.45, 7) is 4.01. The van der Waals surface area contributed by atoms with Gasteiger partial charge in [-0.1, -0.05) is 6.07 Å². The summed E-state index contributed by atoms with van der Waals surface area (Å²) >= 11 is 0. The van der Waals surface area contributed by atoms with Gasteiger partial charge in [-0.25, -0.2) is 9.37 Å². The molecule has 124 valence electrons. The predicted octanol–water partition coefficient (Wildman–Crippen LogP) is 3.36. The van der Waals surface area contributed by atoms with Crippen molar-refractivity contribution in [2.75, 3.05) is 6.61 Å². The quantitative estimate of drug-likeness (QED) is 0.782. The number of imidazole rings is 1. The van der Waals surface area contributed by atoms with E-state index in [1.54, 1.807) is 54.2 Å². The minimum atomic E-state index is -0.435. The van der Waals surface area contributed by atoms with E-state index in [1.165, 1.54) is 6.07 Å². The third-order valence-corrected chi connectivity index (χ3v) is 3.75. The highest BCUT2D eigenvalue weighted by Crippen LogP contribution is 2.22. The van der Waals surface area contributed by atoms with Crippen LogP contribution in [0.25, 0.3) is 5.65 Å². The maximum absolute atomic E-state index is 13.9. The number of nitrogens with zero attached hydrogens (tertiary/aromatic N) is 2. The highest BCUT2D eigenvalue weighted by molar-refractivity contribution is 5.94. The second kappa shape index (κ2) is 6.70. The normalized spacial score (nSPS) is 12.1. The maximum Gasteiger partial charge on any atom is 0.253 e. The van der Waals surface area contributed by atoms with Crippen LogP contribution in [0.5, 0.6) is 5.75 Å². The molecule has 1 N–H and O–H groups in total. The number of pyridine rings is 1. The molecule has 0 aliphatic rings. The minimum Gasteiger partial charge on any atom is -0.491 e. The molecule has 1 atom stereocenters. The van der Waals surface area contributed by atoms with Gasteiger partial charge in [0.05, 0.1) is 18.2 Å². The summed E-state index contributed by atoms with van der Waals surface area (Å²) in [5.74, 6) is -0.451. The highest BCUT2D eigenvalue weighted by Gasteiger charge is 2.14. The number of halogens is 1. The molecular weight excluding hydrogens is 309 g/mol. The Balaban J connectivity index is 1.74. The summed E-state index contributed by atoms with van der Waals surface area (Å²) in [5, 5.41) is 2.87. The van der Waals surface area contributed by atoms with Crippen molar-refractivity contribution in [3.05, 3.63) is 65.9 Å². The van der Waals surface area contributed by atoms with Gasteiger partial charge in [-0.15, -0.1) is 0 Å². The molecule has 1 aromatic carbocycles. The smallest absolute Gasteiger partial charge is 0.253 e. The third kappa shape index (κ3) is 3.22. The van der Waals surface area contributed by atoms with Gasteiger partial charge >= 0.3 is 0 Å². The summed E-state index contributed by atoms with van der Waals surface area (Å²) in [4.78, 5) is 16.5. The zero-order valence-corrected chi connectivity index (χ0v) is 13.5. The van der Waals surface area contributed by atoms with Crippen molar-refractivity contribution in [1.82, 2.24) is 14.7 Å². The number of benzene rings is 1. The predicted molar refractivity (Wildman–Crippen MR) is 88.6 cm³/mol. The minimum absolute atomic E-state index is 0.213. The van der Waals surface area contributed by atoms with Gasteiger partial charge in [0.1, 0.15) is 5.65 Å². The molecule has 0 unspecified atom stereocenters. The van der Waals surface area contributed by atoms with Crippen LogP contribution in [0.15, 0.2) is 48.9 Å². The Hall–Kier alpha value is -2.89. The second-order valence-electron chi connectivity index (χ2n) is 5.43. The molecule has 0 spiro atoms. The van der Waals surface area contributed by atoms with E-state index in [1.807, 2.05) is 6.92 Å². The van der Waals surface area contributed by atoms with Crippen molar-refractivity contribution in [2.24, 2.45) is 0 Å². The zero-order chi connectivity index (χ0) is 17.1. The largest absolute Gasteiger partial charge is 0.491 e. The lowest BCUT2D eigenvalue weighted by atomic mass is 10.1. The van der Waals surface area contributed by atoms with Crippen LogP contribution < -0.4 is 10.1 Å². The fourth-order valence-electron chi connectivity index (χ4n) is 2.48. The molecule has 0 bridgehead atoms. The number of hydrogen-bond donors (Lipinski definition) is 1. The van der Waals surface area contributed by atoms with E-state index in [0.29, 0.717) is 17.7 Å². The number of carbonyl (C=O) groups is 1. The molecule has 0 saturated carbocycles. The summed E-state index contributed by atoms with van der Waals surface area (Å²) < 4.78 is 20.9. The van der Waals surface area contributed by atoms with E-state index in [-0.39, 0.29) is 17.7 Å². The Morgan fingerprint density at radius 2 is 2.21 bits per heavy atom. The Morgan fingerprint density at radius 1 is 1.38 bits per heavy atom. The van der Waals surface area contributed by atoms with Gasteiger partial charge in [0.25, 0.3) is 5.91 Å². The first-order valence-corrected chi connectivity index (χ1v) is 7.74. The molecule has 2 aromatic heterocycles. The van der Waals surface area contributed by atoms with Gasteiger partial charge in [0, 0.05) is 18.6 Å². The Morgan fingerprint density at radius 3 is 2.96 bits per heavy atom. The van der Waals surface area contributed by atoms with Gasteiger partial charge in [0.15, 0.2) is 11.6 Å². The average molecular weight is 327 g/mol. The Kier molecular flexibility index (Phi) is 4.46. The van der Waals surface area contributed by atoms with E-state index in [0.717, 1.165) is 5.65 Å². The van der Waals surface area contributed by atoms with Crippen molar-refractivity contribution in [3.8, 4) is 5.75 Å². The first-order valence-electron chi connectivity index (χ1n) is 7.74. The van der Waals surface area contributed by atoms with E-state index in [2.05, 4.69) is 10.3 Å². The van der Waals surface area contributed by atoms with E-state index in [4.69, 9.17) is 4.74 Å². The molecule has 0 aliphatic carbocycles. The monoisotopic (exact) mass is 327 g/mol. The van der Waals surface area contributed by atoms with E-state index >= 15 is 0 Å². The molecule has 0 radical (unpaired) electrons. The fraction of sp³-hybridized carbons (Fsp3) is 0.222. The molecule has 0 fully saturated rings. The van der Waals surface area contributed by atoms with Crippen LogP contribution in [0.1, 0.15) is 35.8 Å². The van der Waals surface area contributed by atoms with Crippen molar-refractivity contribution in [2.45, 2.75) is 19.9 Å². The molecule has 0 saturated heterocycles. The summed E-state index contributed by atoms with van der Waals surface area (Å²) in [6, 6.07) is 7.86. The van der Waals surface area contributed by atoms with Gasteiger partial charge in [0.2, 0.25) is 0 Å². The number of fused-ring (bicyclic) bond motifs is 1. The van der Waals surface area contributed by atoms with Crippen molar-refractivity contribution in [3.63, 3.8) is 0 Å². The lowest BCUT2D eigenvalue weighted by Gasteiger charge is -2.15.